The number of ether oxygens (including phenoxy) is 1. The Balaban J connectivity index is 2.21. The summed E-state index contributed by atoms with van der Waals surface area (Å²) in [5.41, 5.74) is 0.418. The van der Waals surface area contributed by atoms with Gasteiger partial charge in [0.05, 0.1) is 18.1 Å². The summed E-state index contributed by atoms with van der Waals surface area (Å²) in [5, 5.41) is 31.0. The minimum atomic E-state index is -1.38. The molecule has 0 saturated carbocycles. The van der Waals surface area contributed by atoms with E-state index in [2.05, 4.69) is 11.9 Å². The van der Waals surface area contributed by atoms with Crippen molar-refractivity contribution in [2.24, 2.45) is 5.92 Å². The molecule has 2 heterocycles. The third-order valence-electron chi connectivity index (χ3n) is 5.72. The summed E-state index contributed by atoms with van der Waals surface area (Å²) >= 11 is 0. The smallest absolute Gasteiger partial charge is 0.309 e. The van der Waals surface area contributed by atoms with E-state index in [4.69, 9.17) is 4.74 Å². The van der Waals surface area contributed by atoms with Gasteiger partial charge in [0.1, 0.15) is 12.2 Å². The van der Waals surface area contributed by atoms with Gasteiger partial charge < -0.3 is 20.1 Å². The highest BCUT2D eigenvalue weighted by molar-refractivity contribution is 5.70. The average molecular weight is 430 g/mol. The molecule has 0 saturated heterocycles. The first-order chi connectivity index (χ1) is 14.6. The molecule has 6 nitrogen and oxygen atoms in total. The van der Waals surface area contributed by atoms with Crippen molar-refractivity contribution in [2.45, 2.75) is 76.8 Å². The van der Waals surface area contributed by atoms with Gasteiger partial charge in [-0.2, -0.15) is 0 Å². The fourth-order valence-electron chi connectivity index (χ4n) is 3.51. The zero-order valence-electron chi connectivity index (χ0n) is 18.8. The van der Waals surface area contributed by atoms with E-state index in [-0.39, 0.29) is 31.1 Å². The second-order valence-corrected chi connectivity index (χ2v) is 8.69. The molecule has 0 aromatic carbocycles. The van der Waals surface area contributed by atoms with E-state index in [0.29, 0.717) is 0 Å². The predicted molar refractivity (Wildman–Crippen MR) is 120 cm³/mol. The van der Waals surface area contributed by atoms with Crippen molar-refractivity contribution >= 4 is 5.97 Å². The van der Waals surface area contributed by atoms with Gasteiger partial charge in [0.25, 0.3) is 0 Å². The summed E-state index contributed by atoms with van der Waals surface area (Å²) in [6.07, 6.45) is 8.53. The van der Waals surface area contributed by atoms with Crippen LogP contribution in [-0.4, -0.2) is 50.2 Å². The fourth-order valence-corrected chi connectivity index (χ4v) is 3.51. The Kier molecular flexibility index (Phi) is 9.16. The second-order valence-electron chi connectivity index (χ2n) is 8.69. The molecule has 31 heavy (non-hydrogen) atoms. The lowest BCUT2D eigenvalue weighted by Gasteiger charge is -2.30. The molecule has 6 heteroatoms. The molecule has 6 atom stereocenters. The summed E-state index contributed by atoms with van der Waals surface area (Å²) < 4.78 is 5.69. The minimum Gasteiger partial charge on any atom is -0.457 e. The van der Waals surface area contributed by atoms with Gasteiger partial charge in [-0.05, 0) is 44.4 Å². The highest BCUT2D eigenvalue weighted by Gasteiger charge is 2.31. The zero-order valence-corrected chi connectivity index (χ0v) is 18.8. The van der Waals surface area contributed by atoms with Gasteiger partial charge >= 0.3 is 5.97 Å². The van der Waals surface area contributed by atoms with E-state index < -0.39 is 29.9 Å². The average Bonchev–Trinajstić information content (AvgIpc) is 2.73. The number of hydrogen-bond donors (Lipinski definition) is 3. The molecular formula is C25H35NO5. The van der Waals surface area contributed by atoms with Crippen molar-refractivity contribution in [2.75, 3.05) is 0 Å². The Morgan fingerprint density at radius 1 is 1.32 bits per heavy atom. The Hall–Kier alpha value is -2.28. The monoisotopic (exact) mass is 429 g/mol. The summed E-state index contributed by atoms with van der Waals surface area (Å²) in [6, 6.07) is 5.80. The van der Waals surface area contributed by atoms with Gasteiger partial charge in [0, 0.05) is 23.7 Å². The van der Waals surface area contributed by atoms with Crippen molar-refractivity contribution in [3.05, 3.63) is 66.0 Å². The molecule has 0 fully saturated rings. The number of pyridine rings is 1. The minimum absolute atomic E-state index is 0.133. The zero-order chi connectivity index (χ0) is 23.0. The number of carbonyl (C=O) groups excluding carboxylic acids is 1. The van der Waals surface area contributed by atoms with Crippen LogP contribution in [0.15, 0.2) is 60.3 Å². The Morgan fingerprint density at radius 3 is 2.74 bits per heavy atom. The van der Waals surface area contributed by atoms with Crippen LogP contribution in [0.2, 0.25) is 0 Å². The molecule has 0 aliphatic carbocycles. The number of nitrogens with zero attached hydrogens (tertiary/aromatic N) is 1. The van der Waals surface area contributed by atoms with Crippen LogP contribution < -0.4 is 0 Å². The first-order valence-electron chi connectivity index (χ1n) is 10.8. The van der Waals surface area contributed by atoms with Crippen LogP contribution >= 0.6 is 0 Å². The van der Waals surface area contributed by atoms with E-state index in [1.807, 2.05) is 50.3 Å². The predicted octanol–water partition coefficient (Wildman–Crippen LogP) is 3.45. The molecule has 2 rings (SSSR count). The quantitative estimate of drug-likeness (QED) is 0.385. The van der Waals surface area contributed by atoms with Gasteiger partial charge in [0.2, 0.25) is 0 Å². The number of esters is 1. The molecule has 1 aliphatic rings. The molecule has 1 aliphatic heterocycles. The van der Waals surface area contributed by atoms with Gasteiger partial charge in [-0.3, -0.25) is 9.78 Å². The lowest BCUT2D eigenvalue weighted by Crippen LogP contribution is -2.39. The third-order valence-corrected chi connectivity index (χ3v) is 5.72. The maximum atomic E-state index is 12.4. The van der Waals surface area contributed by atoms with Crippen LogP contribution in [-0.2, 0) is 9.53 Å². The van der Waals surface area contributed by atoms with Crippen molar-refractivity contribution in [1.29, 1.82) is 0 Å². The van der Waals surface area contributed by atoms with E-state index >= 15 is 0 Å². The van der Waals surface area contributed by atoms with Crippen LogP contribution in [0, 0.1) is 5.92 Å². The number of rotatable bonds is 4. The Bertz CT molecular complexity index is 799. The molecule has 0 amide bonds. The van der Waals surface area contributed by atoms with Gasteiger partial charge in [-0.15, -0.1) is 0 Å². The summed E-state index contributed by atoms with van der Waals surface area (Å²) in [4.78, 5) is 16.7. The normalized spacial score (nSPS) is 33.3. The largest absolute Gasteiger partial charge is 0.457 e. The molecule has 3 N–H and O–H groups in total. The molecule has 0 spiro atoms. The lowest BCUT2D eigenvalue weighted by molar-refractivity contribution is -0.151. The van der Waals surface area contributed by atoms with Crippen molar-refractivity contribution in [1.82, 2.24) is 4.98 Å². The molecule has 170 valence electrons. The maximum Gasteiger partial charge on any atom is 0.309 e. The van der Waals surface area contributed by atoms with Crippen LogP contribution in [0.1, 0.15) is 58.6 Å². The highest BCUT2D eigenvalue weighted by atomic mass is 16.5. The lowest BCUT2D eigenvalue weighted by atomic mass is 9.89. The number of allylic oxidation sites excluding steroid dienone is 3. The third kappa shape index (κ3) is 7.73. The molecule has 0 bridgehead atoms. The Labute approximate surface area is 185 Å². The number of cyclic esters (lactones) is 1. The Morgan fingerprint density at radius 2 is 2.06 bits per heavy atom. The van der Waals surface area contributed by atoms with Crippen molar-refractivity contribution < 1.29 is 24.9 Å². The fraction of sp³-hybridized carbons (Fsp3) is 0.520. The number of aliphatic hydroxyl groups excluding tert-OH is 2. The van der Waals surface area contributed by atoms with Crippen LogP contribution in [0.25, 0.3) is 0 Å². The van der Waals surface area contributed by atoms with Crippen molar-refractivity contribution in [3.63, 3.8) is 0 Å². The van der Waals surface area contributed by atoms with Gasteiger partial charge in [0.15, 0.2) is 0 Å². The highest BCUT2D eigenvalue weighted by Crippen LogP contribution is 2.25. The number of aliphatic hydroxyl groups is 3. The summed E-state index contributed by atoms with van der Waals surface area (Å²) in [7, 11) is 0. The molecular weight excluding hydrogens is 394 g/mol. The topological polar surface area (TPSA) is 99.9 Å². The molecule has 1 aromatic heterocycles. The SMILES string of the molecule is C/C(=C\C=C\[C@H](C)c1ccccn1)[C@H]1OC(=O)C[C@@H](O)CC[C@](C)(O)[C@@H](O)/C=C/[C@@H]1C. The van der Waals surface area contributed by atoms with Gasteiger partial charge in [-0.1, -0.05) is 50.3 Å². The number of aromatic nitrogens is 1. The summed E-state index contributed by atoms with van der Waals surface area (Å²) in [6.45, 7) is 7.35. The van der Waals surface area contributed by atoms with Gasteiger partial charge in [-0.25, -0.2) is 0 Å². The van der Waals surface area contributed by atoms with Crippen LogP contribution in [0.4, 0.5) is 0 Å². The number of carbonyl (C=O) groups is 1. The molecule has 0 unspecified atom stereocenters. The summed E-state index contributed by atoms with van der Waals surface area (Å²) in [5.74, 6) is -0.588. The van der Waals surface area contributed by atoms with E-state index in [1.165, 1.54) is 13.0 Å². The van der Waals surface area contributed by atoms with Crippen LogP contribution in [0.5, 0.6) is 0 Å². The molecule has 0 radical (unpaired) electrons. The van der Waals surface area contributed by atoms with E-state index in [0.717, 1.165) is 11.3 Å². The first-order valence-corrected chi connectivity index (χ1v) is 10.8. The number of hydrogen-bond acceptors (Lipinski definition) is 6. The van der Waals surface area contributed by atoms with E-state index in [1.54, 1.807) is 12.3 Å². The van der Waals surface area contributed by atoms with Crippen LogP contribution in [0.3, 0.4) is 0 Å². The van der Waals surface area contributed by atoms with E-state index in [9.17, 15) is 20.1 Å². The van der Waals surface area contributed by atoms with Crippen molar-refractivity contribution in [3.8, 4) is 0 Å². The molecule has 1 aromatic rings. The first kappa shape index (κ1) is 25.0. The maximum absolute atomic E-state index is 12.4. The second kappa shape index (κ2) is 11.4. The standard InChI is InChI=1S/C25H35NO5/c1-17(21-10-5-6-15-26-21)8-7-9-18(2)24-19(3)11-12-22(28)25(4,30)14-13-20(27)16-23(29)31-24/h5-12,15,17,19-20,22,24,27-28,30H,13-14,16H2,1-4H3/b8-7+,12-11+,18-9+/t17-,19-,20-,22-,24+,25-/m0/s1.